The van der Waals surface area contributed by atoms with Crippen LogP contribution in [0.25, 0.3) is 0 Å². The van der Waals surface area contributed by atoms with Crippen molar-refractivity contribution in [3.8, 4) is 11.8 Å². The molecular formula is C26H30FN3O3S. The third-order valence-electron chi connectivity index (χ3n) is 7.65. The maximum absolute atomic E-state index is 13.1. The largest absolute Gasteiger partial charge is 0.493 e. The monoisotopic (exact) mass is 483 g/mol. The van der Waals surface area contributed by atoms with Crippen molar-refractivity contribution in [3.05, 3.63) is 59.4 Å². The van der Waals surface area contributed by atoms with Crippen LogP contribution in [0.15, 0.2) is 47.4 Å². The Hall–Kier alpha value is -2.47. The molecule has 0 aromatic heterocycles. The van der Waals surface area contributed by atoms with Crippen LogP contribution in [-0.2, 0) is 10.0 Å². The summed E-state index contributed by atoms with van der Waals surface area (Å²) in [5, 5.41) is 9.26. The van der Waals surface area contributed by atoms with E-state index < -0.39 is 15.8 Å². The summed E-state index contributed by atoms with van der Waals surface area (Å²) in [6.07, 6.45) is 4.79. The molecule has 34 heavy (non-hydrogen) atoms. The van der Waals surface area contributed by atoms with E-state index in [0.29, 0.717) is 23.3 Å². The van der Waals surface area contributed by atoms with Crippen molar-refractivity contribution in [3.63, 3.8) is 0 Å². The molecule has 2 fully saturated rings. The second-order valence-corrected chi connectivity index (χ2v) is 11.6. The quantitative estimate of drug-likeness (QED) is 0.671. The Kier molecular flexibility index (Phi) is 6.61. The van der Waals surface area contributed by atoms with E-state index in [2.05, 4.69) is 15.7 Å². The standard InChI is InChI=1S/C26H30FN3O3S/c27-21-4-8-23(9-5-21)34(31,32)29-22-6-1-18(2-7-22)11-12-30-15-20-17-33-26-10-3-19(14-28)13-24(26)25(20)16-30/h3-5,8-10,13,18,20,22,25,29H,1-2,6-7,11-12,15-17H2/t18?,20-,22?,25+/m0/s1. The van der Waals surface area contributed by atoms with Crippen LogP contribution in [0.4, 0.5) is 4.39 Å². The van der Waals surface area contributed by atoms with Gasteiger partial charge in [0.1, 0.15) is 11.6 Å². The van der Waals surface area contributed by atoms with Crippen molar-refractivity contribution in [2.75, 3.05) is 26.2 Å². The average Bonchev–Trinajstić information content (AvgIpc) is 3.27. The minimum atomic E-state index is -3.62. The van der Waals surface area contributed by atoms with E-state index in [1.807, 2.05) is 18.2 Å². The van der Waals surface area contributed by atoms with Gasteiger partial charge in [-0.05, 0) is 87.0 Å². The molecule has 2 aliphatic heterocycles. The summed E-state index contributed by atoms with van der Waals surface area (Å²) in [5.74, 6) is 1.97. The SMILES string of the molecule is N#Cc1ccc2c(c1)[C@@H]1CN(CCC3CCC(NS(=O)(=O)c4ccc(F)cc4)CC3)C[C@H]1CO2. The molecule has 5 rings (SSSR count). The summed E-state index contributed by atoms with van der Waals surface area (Å²) in [6.45, 7) is 3.80. The first-order chi connectivity index (χ1) is 16.4. The maximum Gasteiger partial charge on any atom is 0.240 e. The fourth-order valence-electron chi connectivity index (χ4n) is 5.74. The number of nitriles is 1. The van der Waals surface area contributed by atoms with Crippen LogP contribution < -0.4 is 9.46 Å². The number of benzene rings is 2. The number of rotatable bonds is 6. The van der Waals surface area contributed by atoms with Gasteiger partial charge in [0, 0.05) is 36.5 Å². The highest BCUT2D eigenvalue weighted by Crippen LogP contribution is 2.42. The molecule has 2 aromatic rings. The van der Waals surface area contributed by atoms with Crippen molar-refractivity contribution in [1.82, 2.24) is 9.62 Å². The van der Waals surface area contributed by atoms with Gasteiger partial charge in [-0.1, -0.05) is 0 Å². The Balaban J connectivity index is 1.10. The summed E-state index contributed by atoms with van der Waals surface area (Å²) in [7, 11) is -3.62. The molecule has 2 heterocycles. The first kappa shape index (κ1) is 23.3. The van der Waals surface area contributed by atoms with Crippen LogP contribution >= 0.6 is 0 Å². The lowest BCUT2D eigenvalue weighted by atomic mass is 9.84. The predicted octanol–water partition coefficient (Wildman–Crippen LogP) is 4.03. The van der Waals surface area contributed by atoms with Crippen LogP contribution in [0.2, 0.25) is 0 Å². The number of nitrogens with one attached hydrogen (secondary N) is 1. The molecule has 3 aliphatic rings. The summed E-state index contributed by atoms with van der Waals surface area (Å²) >= 11 is 0. The van der Waals surface area contributed by atoms with Gasteiger partial charge < -0.3 is 9.64 Å². The molecule has 180 valence electrons. The lowest BCUT2D eigenvalue weighted by Gasteiger charge is -2.30. The normalized spacial score (nSPS) is 26.8. The Labute approximate surface area is 200 Å². The molecule has 0 bridgehead atoms. The number of halogens is 1. The summed E-state index contributed by atoms with van der Waals surface area (Å²) < 4.78 is 47.0. The van der Waals surface area contributed by atoms with Gasteiger partial charge in [0.25, 0.3) is 0 Å². The number of ether oxygens (including phenoxy) is 1. The van der Waals surface area contributed by atoms with Gasteiger partial charge in [-0.15, -0.1) is 0 Å². The highest BCUT2D eigenvalue weighted by atomic mass is 32.2. The minimum Gasteiger partial charge on any atom is -0.493 e. The molecule has 2 aromatic carbocycles. The third-order valence-corrected chi connectivity index (χ3v) is 9.19. The van der Waals surface area contributed by atoms with Crippen molar-refractivity contribution >= 4 is 10.0 Å². The molecular weight excluding hydrogens is 453 g/mol. The molecule has 1 saturated heterocycles. The maximum atomic E-state index is 13.1. The van der Waals surface area contributed by atoms with E-state index >= 15 is 0 Å². The fraction of sp³-hybridized carbons (Fsp3) is 0.500. The van der Waals surface area contributed by atoms with E-state index in [-0.39, 0.29) is 10.9 Å². The zero-order chi connectivity index (χ0) is 23.7. The number of nitrogens with zero attached hydrogens (tertiary/aromatic N) is 2. The average molecular weight is 484 g/mol. The molecule has 1 saturated carbocycles. The molecule has 1 aliphatic carbocycles. The topological polar surface area (TPSA) is 82.4 Å². The second kappa shape index (κ2) is 9.65. The number of hydrogen-bond donors (Lipinski definition) is 1. The molecule has 0 spiro atoms. The van der Waals surface area contributed by atoms with E-state index in [1.165, 1.54) is 29.8 Å². The zero-order valence-electron chi connectivity index (χ0n) is 19.1. The summed E-state index contributed by atoms with van der Waals surface area (Å²) in [5.41, 5.74) is 1.86. The Morgan fingerprint density at radius 3 is 2.59 bits per heavy atom. The Morgan fingerprint density at radius 2 is 1.85 bits per heavy atom. The first-order valence-electron chi connectivity index (χ1n) is 12.1. The number of likely N-dealkylation sites (tertiary alicyclic amines) is 1. The van der Waals surface area contributed by atoms with Crippen LogP contribution in [0.1, 0.15) is 49.1 Å². The van der Waals surface area contributed by atoms with Crippen molar-refractivity contribution < 1.29 is 17.5 Å². The zero-order valence-corrected chi connectivity index (χ0v) is 19.9. The molecule has 0 amide bonds. The van der Waals surface area contributed by atoms with Gasteiger partial charge >= 0.3 is 0 Å². The van der Waals surface area contributed by atoms with Gasteiger partial charge in [-0.3, -0.25) is 0 Å². The third kappa shape index (κ3) is 4.97. The summed E-state index contributed by atoms with van der Waals surface area (Å²) in [6, 6.07) is 12.9. The second-order valence-electron chi connectivity index (χ2n) is 9.88. The highest BCUT2D eigenvalue weighted by Gasteiger charge is 2.39. The van der Waals surface area contributed by atoms with Crippen LogP contribution in [0.3, 0.4) is 0 Å². The van der Waals surface area contributed by atoms with Crippen LogP contribution in [0.5, 0.6) is 5.75 Å². The number of hydrogen-bond acceptors (Lipinski definition) is 5. The Morgan fingerprint density at radius 1 is 1.09 bits per heavy atom. The van der Waals surface area contributed by atoms with Gasteiger partial charge in [0.15, 0.2) is 0 Å². The van der Waals surface area contributed by atoms with E-state index in [9.17, 15) is 18.1 Å². The lowest BCUT2D eigenvalue weighted by molar-refractivity contribution is 0.208. The van der Waals surface area contributed by atoms with Gasteiger partial charge in [0.2, 0.25) is 10.0 Å². The highest BCUT2D eigenvalue weighted by molar-refractivity contribution is 7.89. The fourth-order valence-corrected chi connectivity index (χ4v) is 7.04. The van der Waals surface area contributed by atoms with Gasteiger partial charge in [0.05, 0.1) is 23.1 Å². The van der Waals surface area contributed by atoms with Crippen molar-refractivity contribution in [1.29, 1.82) is 5.26 Å². The van der Waals surface area contributed by atoms with E-state index in [4.69, 9.17) is 4.74 Å². The van der Waals surface area contributed by atoms with E-state index in [0.717, 1.165) is 64.1 Å². The molecule has 8 heteroatoms. The van der Waals surface area contributed by atoms with Gasteiger partial charge in [-0.2, -0.15) is 5.26 Å². The molecule has 1 N–H and O–H groups in total. The van der Waals surface area contributed by atoms with Crippen LogP contribution in [0, 0.1) is 29.0 Å². The molecule has 0 unspecified atom stereocenters. The smallest absolute Gasteiger partial charge is 0.240 e. The van der Waals surface area contributed by atoms with Gasteiger partial charge in [-0.25, -0.2) is 17.5 Å². The summed E-state index contributed by atoms with van der Waals surface area (Å²) in [4.78, 5) is 2.63. The predicted molar refractivity (Wildman–Crippen MR) is 126 cm³/mol. The number of sulfonamides is 1. The van der Waals surface area contributed by atoms with Crippen molar-refractivity contribution in [2.24, 2.45) is 11.8 Å². The minimum absolute atomic E-state index is 0.0658. The van der Waals surface area contributed by atoms with Crippen molar-refractivity contribution in [2.45, 2.75) is 49.0 Å². The first-order valence-corrected chi connectivity index (χ1v) is 13.6. The molecule has 2 atom stereocenters. The lowest BCUT2D eigenvalue weighted by Crippen LogP contribution is -2.38. The number of fused-ring (bicyclic) bond motifs is 3. The Bertz CT molecular complexity index is 1170. The molecule has 0 radical (unpaired) electrons. The molecule has 6 nitrogen and oxygen atoms in total. The van der Waals surface area contributed by atoms with Crippen LogP contribution in [-0.4, -0.2) is 45.6 Å². The van der Waals surface area contributed by atoms with E-state index in [1.54, 1.807) is 0 Å².